The van der Waals surface area contributed by atoms with Crippen LogP contribution in [0.3, 0.4) is 0 Å². The molecule has 0 fully saturated rings. The minimum atomic E-state index is 0.569. The van der Waals surface area contributed by atoms with Crippen LogP contribution in [0.15, 0.2) is 39.0 Å². The number of hydrogen-bond donors (Lipinski definition) is 0. The molecule has 0 atom stereocenters. The van der Waals surface area contributed by atoms with Crippen molar-refractivity contribution >= 4 is 11.8 Å². The van der Waals surface area contributed by atoms with Gasteiger partial charge < -0.3 is 4.42 Å². The zero-order valence-electron chi connectivity index (χ0n) is 9.02. The molecule has 0 saturated heterocycles. The summed E-state index contributed by atoms with van der Waals surface area (Å²) in [6, 6.07) is 7.85. The predicted molar refractivity (Wildman–Crippen MR) is 61.3 cm³/mol. The minimum Gasteiger partial charge on any atom is -0.439 e. The third-order valence-electron chi connectivity index (χ3n) is 2.05. The van der Waals surface area contributed by atoms with Gasteiger partial charge in [-0.05, 0) is 43.3 Å². The number of aryl methyl sites for hydroxylation is 2. The highest BCUT2D eigenvalue weighted by Crippen LogP contribution is 2.30. The van der Waals surface area contributed by atoms with E-state index in [1.165, 1.54) is 11.8 Å². The van der Waals surface area contributed by atoms with E-state index >= 15 is 0 Å². The Hall–Kier alpha value is -1.73. The van der Waals surface area contributed by atoms with Gasteiger partial charge in [-0.25, -0.2) is 4.98 Å². The van der Waals surface area contributed by atoms with Crippen LogP contribution in [0, 0.1) is 25.2 Å². The first-order valence-corrected chi connectivity index (χ1v) is 5.61. The smallest absolute Gasteiger partial charge is 0.260 e. The molecule has 1 aromatic heterocycles. The summed E-state index contributed by atoms with van der Waals surface area (Å²) in [6.07, 6.45) is 1.60. The maximum Gasteiger partial charge on any atom is 0.260 e. The van der Waals surface area contributed by atoms with Crippen molar-refractivity contribution in [3.8, 4) is 6.07 Å². The lowest BCUT2D eigenvalue weighted by Gasteiger charge is -2.01. The second-order valence-corrected chi connectivity index (χ2v) is 4.46. The summed E-state index contributed by atoms with van der Waals surface area (Å²) in [4.78, 5) is 5.08. The molecule has 0 aliphatic heterocycles. The van der Waals surface area contributed by atoms with Crippen LogP contribution in [0.4, 0.5) is 0 Å². The molecule has 0 aliphatic carbocycles. The van der Waals surface area contributed by atoms with E-state index in [4.69, 9.17) is 9.68 Å². The number of benzene rings is 1. The zero-order valence-corrected chi connectivity index (χ0v) is 9.84. The molecule has 16 heavy (non-hydrogen) atoms. The largest absolute Gasteiger partial charge is 0.439 e. The van der Waals surface area contributed by atoms with Crippen LogP contribution in [-0.4, -0.2) is 4.98 Å². The van der Waals surface area contributed by atoms with Crippen LogP contribution >= 0.6 is 11.8 Å². The van der Waals surface area contributed by atoms with Gasteiger partial charge in [-0.3, -0.25) is 0 Å². The van der Waals surface area contributed by atoms with Crippen molar-refractivity contribution in [1.29, 1.82) is 5.26 Å². The van der Waals surface area contributed by atoms with E-state index in [2.05, 4.69) is 11.1 Å². The molecule has 3 nitrogen and oxygen atoms in total. The molecule has 0 bridgehead atoms. The molecular formula is C12H10N2OS. The van der Waals surface area contributed by atoms with Crippen LogP contribution in [-0.2, 0) is 0 Å². The van der Waals surface area contributed by atoms with Crippen molar-refractivity contribution < 1.29 is 4.42 Å². The summed E-state index contributed by atoms with van der Waals surface area (Å²) >= 11 is 1.37. The monoisotopic (exact) mass is 230 g/mol. The number of aromatic nitrogens is 1. The third-order valence-corrected chi connectivity index (χ3v) is 2.97. The zero-order chi connectivity index (χ0) is 11.5. The number of hydrogen-bond acceptors (Lipinski definition) is 4. The molecule has 1 aromatic carbocycles. The Morgan fingerprint density at radius 2 is 2.19 bits per heavy atom. The SMILES string of the molecule is Cc1ccc(C#N)c(Sc2nc(C)co2)c1. The highest BCUT2D eigenvalue weighted by atomic mass is 32.2. The lowest BCUT2D eigenvalue weighted by Crippen LogP contribution is -1.83. The van der Waals surface area contributed by atoms with E-state index in [0.29, 0.717) is 10.8 Å². The minimum absolute atomic E-state index is 0.569. The number of rotatable bonds is 2. The Labute approximate surface area is 98.1 Å². The molecule has 0 unspecified atom stereocenters. The van der Waals surface area contributed by atoms with Crippen LogP contribution in [0.1, 0.15) is 16.8 Å². The second kappa shape index (κ2) is 4.42. The van der Waals surface area contributed by atoms with E-state index in [1.54, 1.807) is 6.26 Å². The van der Waals surface area contributed by atoms with Gasteiger partial charge in [-0.15, -0.1) is 0 Å². The summed E-state index contributed by atoms with van der Waals surface area (Å²) in [5.41, 5.74) is 2.60. The van der Waals surface area contributed by atoms with E-state index < -0.39 is 0 Å². The molecule has 0 saturated carbocycles. The summed E-state index contributed by atoms with van der Waals surface area (Å²) in [5.74, 6) is 0. The predicted octanol–water partition coefficient (Wildman–Crippen LogP) is 3.31. The van der Waals surface area contributed by atoms with Crippen molar-refractivity contribution in [2.75, 3.05) is 0 Å². The van der Waals surface area contributed by atoms with Crippen molar-refractivity contribution in [3.63, 3.8) is 0 Å². The molecule has 0 aliphatic rings. The quantitative estimate of drug-likeness (QED) is 0.794. The fraction of sp³-hybridized carbons (Fsp3) is 0.167. The summed E-state index contributed by atoms with van der Waals surface area (Å²) in [5, 5.41) is 9.55. The van der Waals surface area contributed by atoms with Crippen LogP contribution in [0.2, 0.25) is 0 Å². The maximum absolute atomic E-state index is 8.98. The lowest BCUT2D eigenvalue weighted by atomic mass is 10.2. The molecule has 2 aromatic rings. The Morgan fingerprint density at radius 3 is 2.81 bits per heavy atom. The van der Waals surface area contributed by atoms with Crippen molar-refractivity contribution in [2.24, 2.45) is 0 Å². The molecule has 0 radical (unpaired) electrons. The van der Waals surface area contributed by atoms with Crippen LogP contribution in [0.25, 0.3) is 0 Å². The number of oxazole rings is 1. The number of nitriles is 1. The fourth-order valence-electron chi connectivity index (χ4n) is 1.28. The molecule has 0 N–H and O–H groups in total. The Balaban J connectivity index is 2.34. The normalized spacial score (nSPS) is 10.1. The average molecular weight is 230 g/mol. The Bertz CT molecular complexity index is 554. The molecule has 0 amide bonds. The van der Waals surface area contributed by atoms with Gasteiger partial charge in [0.25, 0.3) is 5.22 Å². The van der Waals surface area contributed by atoms with Gasteiger partial charge in [0, 0.05) is 4.90 Å². The molecular weight excluding hydrogens is 220 g/mol. The molecule has 0 spiro atoms. The van der Waals surface area contributed by atoms with Gasteiger partial charge in [0.05, 0.1) is 11.3 Å². The highest BCUT2D eigenvalue weighted by Gasteiger charge is 2.08. The highest BCUT2D eigenvalue weighted by molar-refractivity contribution is 7.99. The van der Waals surface area contributed by atoms with Crippen molar-refractivity contribution in [2.45, 2.75) is 24.0 Å². The van der Waals surface area contributed by atoms with Gasteiger partial charge in [-0.2, -0.15) is 5.26 Å². The van der Waals surface area contributed by atoms with E-state index in [0.717, 1.165) is 16.2 Å². The van der Waals surface area contributed by atoms with Gasteiger partial charge in [-0.1, -0.05) is 6.07 Å². The van der Waals surface area contributed by atoms with E-state index in [1.807, 2.05) is 32.0 Å². The van der Waals surface area contributed by atoms with Crippen molar-refractivity contribution in [1.82, 2.24) is 4.98 Å². The van der Waals surface area contributed by atoms with Gasteiger partial charge in [0.15, 0.2) is 0 Å². The second-order valence-electron chi connectivity index (χ2n) is 3.47. The van der Waals surface area contributed by atoms with Crippen LogP contribution in [0.5, 0.6) is 0 Å². The lowest BCUT2D eigenvalue weighted by molar-refractivity contribution is 0.454. The fourth-order valence-corrected chi connectivity index (χ4v) is 2.22. The standard InChI is InChI=1S/C12H10N2OS/c1-8-3-4-10(6-13)11(5-8)16-12-14-9(2)7-15-12/h3-5,7H,1-2H3. The summed E-state index contributed by atoms with van der Waals surface area (Å²) < 4.78 is 5.25. The molecule has 80 valence electrons. The van der Waals surface area contributed by atoms with Crippen LogP contribution < -0.4 is 0 Å². The third kappa shape index (κ3) is 2.26. The van der Waals surface area contributed by atoms with E-state index in [9.17, 15) is 0 Å². The molecule has 1 heterocycles. The topological polar surface area (TPSA) is 49.8 Å². The van der Waals surface area contributed by atoms with Crippen molar-refractivity contribution in [3.05, 3.63) is 41.3 Å². The molecule has 4 heteroatoms. The van der Waals surface area contributed by atoms with Gasteiger partial charge in [0.2, 0.25) is 0 Å². The van der Waals surface area contributed by atoms with Gasteiger partial charge >= 0.3 is 0 Å². The van der Waals surface area contributed by atoms with Gasteiger partial charge in [0.1, 0.15) is 12.3 Å². The van der Waals surface area contributed by atoms with E-state index in [-0.39, 0.29) is 0 Å². The first kappa shape index (κ1) is 10.8. The Kier molecular flexibility index (Phi) is 2.97. The number of nitrogens with zero attached hydrogens (tertiary/aromatic N) is 2. The first-order chi connectivity index (χ1) is 7.69. The average Bonchev–Trinajstić information content (AvgIpc) is 2.64. The first-order valence-electron chi connectivity index (χ1n) is 4.80. The molecule has 2 rings (SSSR count). The Morgan fingerprint density at radius 1 is 1.38 bits per heavy atom. The maximum atomic E-state index is 8.98. The summed E-state index contributed by atoms with van der Waals surface area (Å²) in [6.45, 7) is 3.86. The summed E-state index contributed by atoms with van der Waals surface area (Å²) in [7, 11) is 0.